The Bertz CT molecular complexity index is 961. The molecular weight excluding hydrogens is 390 g/mol. The quantitative estimate of drug-likeness (QED) is 0.801. The van der Waals surface area contributed by atoms with Gasteiger partial charge in [-0.3, -0.25) is 10.1 Å². The first-order valence-electron chi connectivity index (χ1n) is 10.4. The van der Waals surface area contributed by atoms with Crippen molar-refractivity contribution in [2.75, 3.05) is 18.5 Å². The van der Waals surface area contributed by atoms with Gasteiger partial charge < -0.3 is 10.1 Å². The van der Waals surface area contributed by atoms with Gasteiger partial charge in [0, 0.05) is 10.9 Å². The molecule has 2 aromatic rings. The Morgan fingerprint density at radius 2 is 1.90 bits per heavy atom. The molecule has 0 aromatic carbocycles. The Hall–Kier alpha value is -2.26. The molecule has 154 valence electrons. The number of urea groups is 1. The van der Waals surface area contributed by atoms with Crippen LogP contribution in [0.1, 0.15) is 53.6 Å². The van der Waals surface area contributed by atoms with E-state index in [1.807, 2.05) is 0 Å². The number of anilines is 1. The molecular formula is C20H25N5O3S. The van der Waals surface area contributed by atoms with E-state index in [4.69, 9.17) is 4.74 Å². The average molecular weight is 416 g/mol. The molecule has 0 radical (unpaired) electrons. The fourth-order valence-corrected chi connectivity index (χ4v) is 5.49. The van der Waals surface area contributed by atoms with Crippen LogP contribution in [-0.4, -0.2) is 40.1 Å². The van der Waals surface area contributed by atoms with E-state index in [1.54, 1.807) is 17.4 Å². The van der Waals surface area contributed by atoms with Gasteiger partial charge in [0.1, 0.15) is 6.04 Å². The minimum atomic E-state index is -0.317. The maximum atomic E-state index is 12.6. The van der Waals surface area contributed by atoms with Crippen LogP contribution in [0.25, 0.3) is 0 Å². The predicted octanol–water partition coefficient (Wildman–Crippen LogP) is 2.22. The van der Waals surface area contributed by atoms with Gasteiger partial charge >= 0.3 is 6.03 Å². The molecule has 2 aliphatic carbocycles. The Kier molecular flexibility index (Phi) is 5.09. The molecule has 2 N–H and O–H groups in total. The minimum Gasteiger partial charge on any atom is -0.377 e. The molecule has 1 saturated heterocycles. The fraction of sp³-hybridized carbons (Fsp3) is 0.600. The number of fused-ring (bicyclic) bond motifs is 2. The monoisotopic (exact) mass is 415 g/mol. The molecule has 9 heteroatoms. The number of amides is 2. The first kappa shape index (κ1) is 18.7. The Balaban J connectivity index is 1.29. The number of carbonyl (C=O) groups is 1. The zero-order valence-corrected chi connectivity index (χ0v) is 17.1. The summed E-state index contributed by atoms with van der Waals surface area (Å²) in [5.74, 6) is 0. The van der Waals surface area contributed by atoms with Crippen LogP contribution in [0.3, 0.4) is 0 Å². The normalized spacial score (nSPS) is 23.3. The van der Waals surface area contributed by atoms with Crippen molar-refractivity contribution >= 4 is 22.5 Å². The van der Waals surface area contributed by atoms with Crippen LogP contribution in [0.2, 0.25) is 0 Å². The molecule has 0 spiro atoms. The number of carbonyl (C=O) groups excluding carboxylic acids is 1. The maximum Gasteiger partial charge on any atom is 0.321 e. The van der Waals surface area contributed by atoms with Crippen molar-refractivity contribution in [1.29, 1.82) is 0 Å². The standard InChI is InChI=1S/C20H25N5O3S/c26-18-9-12-5-1-2-6-13(12)24-25(18)16-11-28-10-15(16)21-19(27)23-20-22-14-7-3-4-8-17(14)29-20/h9,15-16H,1-8,10-11H2,(H2,21,22,23,27). The van der Waals surface area contributed by atoms with Crippen LogP contribution >= 0.6 is 11.3 Å². The summed E-state index contributed by atoms with van der Waals surface area (Å²) in [5.41, 5.74) is 3.05. The van der Waals surface area contributed by atoms with Crippen LogP contribution in [0.5, 0.6) is 0 Å². The molecule has 2 aromatic heterocycles. The van der Waals surface area contributed by atoms with E-state index in [2.05, 4.69) is 20.7 Å². The van der Waals surface area contributed by atoms with Gasteiger partial charge in [0.15, 0.2) is 5.13 Å². The summed E-state index contributed by atoms with van der Waals surface area (Å²) < 4.78 is 7.09. The fourth-order valence-electron chi connectivity index (χ4n) is 4.44. The highest BCUT2D eigenvalue weighted by Crippen LogP contribution is 2.29. The predicted molar refractivity (Wildman–Crippen MR) is 110 cm³/mol. The summed E-state index contributed by atoms with van der Waals surface area (Å²) in [6.07, 6.45) is 8.40. The summed E-state index contributed by atoms with van der Waals surface area (Å²) in [7, 11) is 0. The number of thiazole rings is 1. The summed E-state index contributed by atoms with van der Waals surface area (Å²) in [6, 6.07) is 0.779. The summed E-state index contributed by atoms with van der Waals surface area (Å²) in [5, 5.41) is 11.1. The number of hydrogen-bond donors (Lipinski definition) is 2. The number of nitrogens with zero attached hydrogens (tertiary/aromatic N) is 3. The van der Waals surface area contributed by atoms with Crippen LogP contribution < -0.4 is 16.2 Å². The van der Waals surface area contributed by atoms with E-state index in [1.165, 1.54) is 16.0 Å². The van der Waals surface area contributed by atoms with Gasteiger partial charge in [0.05, 0.1) is 30.6 Å². The summed E-state index contributed by atoms with van der Waals surface area (Å²) in [6.45, 7) is 0.722. The van der Waals surface area contributed by atoms with Crippen molar-refractivity contribution in [1.82, 2.24) is 20.1 Å². The van der Waals surface area contributed by atoms with Gasteiger partial charge in [-0.1, -0.05) is 0 Å². The van der Waals surface area contributed by atoms with Gasteiger partial charge in [0.25, 0.3) is 5.56 Å². The van der Waals surface area contributed by atoms with E-state index < -0.39 is 0 Å². The molecule has 0 saturated carbocycles. The largest absolute Gasteiger partial charge is 0.377 e. The number of hydrogen-bond acceptors (Lipinski definition) is 6. The van der Waals surface area contributed by atoms with Gasteiger partial charge in [-0.05, 0) is 56.9 Å². The zero-order chi connectivity index (χ0) is 19.8. The number of ether oxygens (including phenoxy) is 1. The lowest BCUT2D eigenvalue weighted by Crippen LogP contribution is -2.45. The number of nitrogens with one attached hydrogen (secondary N) is 2. The second-order valence-electron chi connectivity index (χ2n) is 8.01. The first-order valence-corrected chi connectivity index (χ1v) is 11.2. The summed E-state index contributed by atoms with van der Waals surface area (Å²) >= 11 is 1.55. The van der Waals surface area contributed by atoms with Crippen LogP contribution in [0.4, 0.5) is 9.93 Å². The second-order valence-corrected chi connectivity index (χ2v) is 9.10. The number of aryl methyl sites for hydroxylation is 4. The summed E-state index contributed by atoms with van der Waals surface area (Å²) in [4.78, 5) is 31.0. The molecule has 2 atom stereocenters. The third-order valence-corrected chi connectivity index (χ3v) is 7.05. The zero-order valence-electron chi connectivity index (χ0n) is 16.3. The van der Waals surface area contributed by atoms with Gasteiger partial charge in [-0.15, -0.1) is 11.3 Å². The number of aromatic nitrogens is 3. The highest BCUT2D eigenvalue weighted by Gasteiger charge is 2.33. The average Bonchev–Trinajstić information content (AvgIpc) is 3.33. The second kappa shape index (κ2) is 7.87. The minimum absolute atomic E-state index is 0.124. The van der Waals surface area contributed by atoms with E-state index in [-0.39, 0.29) is 23.7 Å². The highest BCUT2D eigenvalue weighted by molar-refractivity contribution is 7.15. The van der Waals surface area contributed by atoms with Crippen molar-refractivity contribution in [2.45, 2.75) is 63.5 Å². The smallest absolute Gasteiger partial charge is 0.321 e. The lowest BCUT2D eigenvalue weighted by Gasteiger charge is -2.22. The lowest BCUT2D eigenvalue weighted by molar-refractivity contribution is 0.180. The van der Waals surface area contributed by atoms with Crippen LogP contribution in [-0.2, 0) is 30.4 Å². The van der Waals surface area contributed by atoms with Crippen molar-refractivity contribution < 1.29 is 9.53 Å². The van der Waals surface area contributed by atoms with Gasteiger partial charge in [-0.25, -0.2) is 14.5 Å². The highest BCUT2D eigenvalue weighted by atomic mass is 32.1. The van der Waals surface area contributed by atoms with Gasteiger partial charge in [0.2, 0.25) is 0 Å². The van der Waals surface area contributed by atoms with E-state index in [9.17, 15) is 9.59 Å². The van der Waals surface area contributed by atoms with Crippen molar-refractivity contribution in [3.8, 4) is 0 Å². The van der Waals surface area contributed by atoms with Gasteiger partial charge in [-0.2, -0.15) is 5.10 Å². The Labute approximate surface area is 172 Å². The number of rotatable bonds is 3. The molecule has 29 heavy (non-hydrogen) atoms. The maximum absolute atomic E-state index is 12.6. The molecule has 0 bridgehead atoms. The van der Waals surface area contributed by atoms with E-state index in [0.717, 1.165) is 61.9 Å². The Morgan fingerprint density at radius 1 is 1.10 bits per heavy atom. The molecule has 2 amide bonds. The van der Waals surface area contributed by atoms with Crippen LogP contribution in [0.15, 0.2) is 10.9 Å². The third kappa shape index (κ3) is 3.81. The Morgan fingerprint density at radius 3 is 2.76 bits per heavy atom. The molecule has 8 nitrogen and oxygen atoms in total. The SMILES string of the molecule is O=C(Nc1nc2c(s1)CCCC2)NC1COCC1n1nc2c(cc1=O)CCCC2. The lowest BCUT2D eigenvalue weighted by atomic mass is 9.97. The van der Waals surface area contributed by atoms with Crippen molar-refractivity contribution in [2.24, 2.45) is 0 Å². The van der Waals surface area contributed by atoms with Crippen molar-refractivity contribution in [3.05, 3.63) is 38.2 Å². The molecule has 5 rings (SSSR count). The first-order chi connectivity index (χ1) is 14.2. The third-order valence-electron chi connectivity index (χ3n) is 5.98. The molecule has 3 heterocycles. The van der Waals surface area contributed by atoms with Crippen LogP contribution in [0, 0.1) is 0 Å². The molecule has 1 fully saturated rings. The molecule has 1 aliphatic heterocycles. The van der Waals surface area contributed by atoms with E-state index >= 15 is 0 Å². The van der Waals surface area contributed by atoms with E-state index in [0.29, 0.717) is 18.3 Å². The topological polar surface area (TPSA) is 98.1 Å². The molecule has 2 unspecified atom stereocenters. The van der Waals surface area contributed by atoms with Crippen molar-refractivity contribution in [3.63, 3.8) is 0 Å². The molecule has 3 aliphatic rings.